The summed E-state index contributed by atoms with van der Waals surface area (Å²) in [4.78, 5) is 19.0. The molecular weight excluding hydrogens is 412 g/mol. The van der Waals surface area contributed by atoms with Gasteiger partial charge in [0.05, 0.1) is 11.4 Å². The second kappa shape index (κ2) is 9.44. The fraction of sp³-hybridized carbons (Fsp3) is 0.350. The molecule has 26 heavy (non-hydrogen) atoms. The first kappa shape index (κ1) is 20.8. The lowest BCUT2D eigenvalue weighted by molar-refractivity contribution is 0.0892. The van der Waals surface area contributed by atoms with Crippen LogP contribution in [0.4, 0.5) is 16.2 Å². The third kappa shape index (κ3) is 4.42. The summed E-state index contributed by atoms with van der Waals surface area (Å²) in [7, 11) is 0. The van der Waals surface area contributed by atoms with Gasteiger partial charge in [-0.1, -0.05) is 49.9 Å². The number of hydrogen-bond acceptors (Lipinski definition) is 4. The molecule has 0 saturated carbocycles. The first-order valence-electron chi connectivity index (χ1n) is 8.73. The summed E-state index contributed by atoms with van der Waals surface area (Å²) in [5.74, 6) is 0. The van der Waals surface area contributed by atoms with Crippen molar-refractivity contribution in [1.29, 1.82) is 0 Å². The SMILES string of the molecule is Br.CCN(CC)CC(C)OC(=O)N1c2ccccc2Sc2ccccc21. The van der Waals surface area contributed by atoms with Crippen LogP contribution in [-0.2, 0) is 4.74 Å². The Morgan fingerprint density at radius 3 is 2.04 bits per heavy atom. The van der Waals surface area contributed by atoms with Crippen LogP contribution < -0.4 is 4.90 Å². The summed E-state index contributed by atoms with van der Waals surface area (Å²) >= 11 is 1.68. The molecule has 0 radical (unpaired) electrons. The number of carbonyl (C=O) groups excluding carboxylic acids is 1. The largest absolute Gasteiger partial charge is 0.445 e. The van der Waals surface area contributed by atoms with E-state index in [2.05, 4.69) is 18.7 Å². The van der Waals surface area contributed by atoms with Gasteiger partial charge in [0.1, 0.15) is 6.10 Å². The van der Waals surface area contributed by atoms with E-state index >= 15 is 0 Å². The number of halogens is 1. The van der Waals surface area contributed by atoms with Gasteiger partial charge in [-0.05, 0) is 44.3 Å². The molecular formula is C20H25BrN2O2S. The topological polar surface area (TPSA) is 32.8 Å². The zero-order chi connectivity index (χ0) is 17.8. The minimum absolute atomic E-state index is 0. The number of benzene rings is 2. The molecule has 0 aromatic heterocycles. The molecule has 1 aliphatic rings. The number of ether oxygens (including phenoxy) is 1. The smallest absolute Gasteiger partial charge is 0.419 e. The lowest BCUT2D eigenvalue weighted by atomic mass is 10.2. The number of rotatable bonds is 5. The molecule has 1 amide bonds. The summed E-state index contributed by atoms with van der Waals surface area (Å²) in [6.07, 6.45) is -0.485. The molecule has 0 bridgehead atoms. The average molecular weight is 437 g/mol. The zero-order valence-corrected chi connectivity index (χ0v) is 17.9. The molecule has 1 aliphatic heterocycles. The van der Waals surface area contributed by atoms with Crippen LogP contribution in [0, 0.1) is 0 Å². The highest BCUT2D eigenvalue weighted by molar-refractivity contribution is 8.93. The van der Waals surface area contributed by atoms with Gasteiger partial charge in [0.25, 0.3) is 0 Å². The van der Waals surface area contributed by atoms with Gasteiger partial charge in [-0.2, -0.15) is 0 Å². The maximum atomic E-state index is 13.0. The van der Waals surface area contributed by atoms with E-state index in [0.717, 1.165) is 40.8 Å². The van der Waals surface area contributed by atoms with Crippen molar-refractivity contribution in [2.45, 2.75) is 36.7 Å². The summed E-state index contributed by atoms with van der Waals surface area (Å²) in [6.45, 7) is 8.82. The number of likely N-dealkylation sites (N-methyl/N-ethyl adjacent to an activating group) is 1. The first-order valence-corrected chi connectivity index (χ1v) is 9.54. The third-order valence-electron chi connectivity index (χ3n) is 4.33. The summed E-state index contributed by atoms with van der Waals surface area (Å²) in [6, 6.07) is 15.9. The van der Waals surface area contributed by atoms with E-state index in [4.69, 9.17) is 4.74 Å². The average Bonchev–Trinajstić information content (AvgIpc) is 2.63. The van der Waals surface area contributed by atoms with Crippen molar-refractivity contribution in [3.63, 3.8) is 0 Å². The lowest BCUT2D eigenvalue weighted by Gasteiger charge is -2.31. The first-order chi connectivity index (χ1) is 12.1. The zero-order valence-electron chi connectivity index (χ0n) is 15.3. The van der Waals surface area contributed by atoms with Crippen LogP contribution in [0.3, 0.4) is 0 Å². The van der Waals surface area contributed by atoms with Crippen LogP contribution in [0.5, 0.6) is 0 Å². The number of anilines is 2. The van der Waals surface area contributed by atoms with Gasteiger partial charge < -0.3 is 9.64 Å². The molecule has 6 heteroatoms. The normalized spacial score (nSPS) is 13.5. The maximum Gasteiger partial charge on any atom is 0.419 e. The van der Waals surface area contributed by atoms with E-state index in [1.54, 1.807) is 16.7 Å². The number of nitrogens with zero attached hydrogens (tertiary/aromatic N) is 2. The highest BCUT2D eigenvalue weighted by Gasteiger charge is 2.30. The molecule has 3 rings (SSSR count). The number of para-hydroxylation sites is 2. The summed E-state index contributed by atoms with van der Waals surface area (Å²) < 4.78 is 5.77. The fourth-order valence-corrected chi connectivity index (χ4v) is 4.07. The van der Waals surface area contributed by atoms with E-state index < -0.39 is 0 Å². The Hall–Kier alpha value is -1.50. The molecule has 2 aromatic carbocycles. The van der Waals surface area contributed by atoms with Crippen molar-refractivity contribution in [1.82, 2.24) is 4.90 Å². The van der Waals surface area contributed by atoms with Crippen molar-refractivity contribution in [3.8, 4) is 0 Å². The fourth-order valence-electron chi connectivity index (χ4n) is 3.01. The lowest BCUT2D eigenvalue weighted by Crippen LogP contribution is -2.37. The monoisotopic (exact) mass is 436 g/mol. The number of fused-ring (bicyclic) bond motifs is 2. The number of amides is 1. The highest BCUT2D eigenvalue weighted by Crippen LogP contribution is 2.48. The molecule has 0 aliphatic carbocycles. The van der Waals surface area contributed by atoms with E-state index in [9.17, 15) is 4.79 Å². The van der Waals surface area contributed by atoms with E-state index in [-0.39, 0.29) is 29.2 Å². The van der Waals surface area contributed by atoms with Gasteiger partial charge in [-0.25, -0.2) is 9.69 Å². The van der Waals surface area contributed by atoms with Crippen molar-refractivity contribution >= 4 is 46.2 Å². The van der Waals surface area contributed by atoms with Crippen LogP contribution in [0.15, 0.2) is 58.3 Å². The Bertz CT molecular complexity index is 707. The van der Waals surface area contributed by atoms with E-state index in [0.29, 0.717) is 0 Å². The quantitative estimate of drug-likeness (QED) is 0.598. The molecule has 4 nitrogen and oxygen atoms in total. The molecule has 0 fully saturated rings. The van der Waals surface area contributed by atoms with Crippen LogP contribution >= 0.6 is 28.7 Å². The van der Waals surface area contributed by atoms with Crippen molar-refractivity contribution in [2.24, 2.45) is 0 Å². The Morgan fingerprint density at radius 1 is 1.04 bits per heavy atom. The second-order valence-electron chi connectivity index (χ2n) is 6.05. The number of carbonyl (C=O) groups is 1. The Morgan fingerprint density at radius 2 is 1.54 bits per heavy atom. The molecule has 0 spiro atoms. The Balaban J connectivity index is 0.00000243. The molecule has 0 saturated heterocycles. The molecule has 1 unspecified atom stereocenters. The van der Waals surface area contributed by atoms with Gasteiger partial charge >= 0.3 is 6.09 Å². The van der Waals surface area contributed by atoms with Crippen LogP contribution in [0.2, 0.25) is 0 Å². The third-order valence-corrected chi connectivity index (χ3v) is 5.46. The van der Waals surface area contributed by atoms with Gasteiger partial charge in [-0.3, -0.25) is 0 Å². The highest BCUT2D eigenvalue weighted by atomic mass is 79.9. The predicted octanol–water partition coefficient (Wildman–Crippen LogP) is 5.73. The van der Waals surface area contributed by atoms with Crippen LogP contribution in [0.25, 0.3) is 0 Å². The Kier molecular flexibility index (Phi) is 7.55. The molecule has 0 N–H and O–H groups in total. The van der Waals surface area contributed by atoms with Crippen LogP contribution in [0.1, 0.15) is 20.8 Å². The maximum absolute atomic E-state index is 13.0. The molecule has 140 valence electrons. The molecule has 2 aromatic rings. The summed E-state index contributed by atoms with van der Waals surface area (Å²) in [5, 5.41) is 0. The number of hydrogen-bond donors (Lipinski definition) is 0. The van der Waals surface area contributed by atoms with Gasteiger partial charge in [0.2, 0.25) is 0 Å². The van der Waals surface area contributed by atoms with Crippen molar-refractivity contribution < 1.29 is 9.53 Å². The summed E-state index contributed by atoms with van der Waals surface area (Å²) in [5.41, 5.74) is 1.76. The van der Waals surface area contributed by atoms with E-state index in [1.807, 2.05) is 55.5 Å². The standard InChI is InChI=1S/C20H24N2O2S.BrH/c1-4-21(5-2)14-15(3)24-20(23)22-16-10-6-8-12-18(16)25-19-13-9-7-11-17(19)22;/h6-13,15H,4-5,14H2,1-3H3;1H. The van der Waals surface area contributed by atoms with Crippen molar-refractivity contribution in [3.05, 3.63) is 48.5 Å². The second-order valence-corrected chi connectivity index (χ2v) is 7.14. The van der Waals surface area contributed by atoms with Gasteiger partial charge in [-0.15, -0.1) is 17.0 Å². The molecule has 1 atom stereocenters. The minimum atomic E-state index is -0.320. The predicted molar refractivity (Wildman–Crippen MR) is 113 cm³/mol. The minimum Gasteiger partial charge on any atom is -0.445 e. The van der Waals surface area contributed by atoms with Crippen LogP contribution in [-0.4, -0.2) is 36.7 Å². The van der Waals surface area contributed by atoms with E-state index in [1.165, 1.54) is 0 Å². The molecule has 1 heterocycles. The van der Waals surface area contributed by atoms with Crippen molar-refractivity contribution in [2.75, 3.05) is 24.5 Å². The van der Waals surface area contributed by atoms with Gasteiger partial charge in [0.15, 0.2) is 0 Å². The van der Waals surface area contributed by atoms with Gasteiger partial charge in [0, 0.05) is 16.3 Å². The Labute approximate surface area is 170 Å².